The van der Waals surface area contributed by atoms with Gasteiger partial charge in [-0.1, -0.05) is 75.2 Å². The molecule has 2 aromatic carbocycles. The lowest BCUT2D eigenvalue weighted by molar-refractivity contribution is -0.142. The highest BCUT2D eigenvalue weighted by Gasteiger charge is 2.29. The van der Waals surface area contributed by atoms with Gasteiger partial charge in [0, 0.05) is 18.9 Å². The van der Waals surface area contributed by atoms with Crippen LogP contribution in [0.2, 0.25) is 0 Å². The van der Waals surface area contributed by atoms with E-state index in [9.17, 15) is 19.5 Å². The summed E-state index contributed by atoms with van der Waals surface area (Å²) >= 11 is 0. The molecule has 0 saturated carbocycles. The number of carboxylic acid groups (broad SMARTS) is 1. The van der Waals surface area contributed by atoms with Crippen LogP contribution in [0.15, 0.2) is 48.5 Å². The number of amides is 2. The maximum absolute atomic E-state index is 12.3. The van der Waals surface area contributed by atoms with Crippen molar-refractivity contribution < 1.29 is 24.2 Å². The molecule has 0 radical (unpaired) electrons. The van der Waals surface area contributed by atoms with Crippen LogP contribution in [-0.4, -0.2) is 42.3 Å². The summed E-state index contributed by atoms with van der Waals surface area (Å²) in [4.78, 5) is 35.7. The lowest BCUT2D eigenvalue weighted by Crippen LogP contribution is -2.40. The van der Waals surface area contributed by atoms with Gasteiger partial charge in [0.25, 0.3) is 0 Å². The van der Waals surface area contributed by atoms with Crippen molar-refractivity contribution >= 4 is 18.0 Å². The highest BCUT2D eigenvalue weighted by Crippen LogP contribution is 2.44. The molecule has 3 N–H and O–H groups in total. The molecule has 3 rings (SSSR count). The van der Waals surface area contributed by atoms with E-state index in [2.05, 4.69) is 34.9 Å². The third-order valence-corrected chi connectivity index (χ3v) is 6.59. The molecule has 2 aromatic rings. The van der Waals surface area contributed by atoms with Crippen molar-refractivity contribution in [1.82, 2.24) is 10.6 Å². The van der Waals surface area contributed by atoms with Crippen molar-refractivity contribution in [1.29, 1.82) is 0 Å². The summed E-state index contributed by atoms with van der Waals surface area (Å²) < 4.78 is 5.55. The van der Waals surface area contributed by atoms with Crippen LogP contribution < -0.4 is 10.6 Å². The Morgan fingerprint density at radius 1 is 0.971 bits per heavy atom. The van der Waals surface area contributed by atoms with E-state index in [0.717, 1.165) is 12.8 Å². The quantitative estimate of drug-likeness (QED) is 0.370. The second-order valence-corrected chi connectivity index (χ2v) is 9.29. The summed E-state index contributed by atoms with van der Waals surface area (Å²) in [5.74, 6) is -1.01. The predicted molar refractivity (Wildman–Crippen MR) is 135 cm³/mol. The van der Waals surface area contributed by atoms with Gasteiger partial charge < -0.3 is 20.5 Å². The number of unbranched alkanes of at least 4 members (excludes halogenated alkanes) is 1. The van der Waals surface area contributed by atoms with Crippen molar-refractivity contribution in [2.75, 3.05) is 13.2 Å². The second kappa shape index (κ2) is 12.9. The monoisotopic (exact) mass is 480 g/mol. The second-order valence-electron chi connectivity index (χ2n) is 9.29. The Balaban J connectivity index is 1.36. The predicted octanol–water partition coefficient (Wildman–Crippen LogP) is 5.09. The van der Waals surface area contributed by atoms with E-state index < -0.39 is 18.1 Å². The molecule has 35 heavy (non-hydrogen) atoms. The van der Waals surface area contributed by atoms with Crippen LogP contribution in [0.25, 0.3) is 11.1 Å². The van der Waals surface area contributed by atoms with Crippen molar-refractivity contribution in [2.24, 2.45) is 5.92 Å². The van der Waals surface area contributed by atoms with Gasteiger partial charge in [0.15, 0.2) is 0 Å². The average molecular weight is 481 g/mol. The number of carbonyl (C=O) groups excluding carboxylic acids is 2. The zero-order chi connectivity index (χ0) is 25.2. The maximum atomic E-state index is 12.3. The molecule has 0 bridgehead atoms. The highest BCUT2D eigenvalue weighted by atomic mass is 16.5. The van der Waals surface area contributed by atoms with Crippen molar-refractivity contribution in [3.63, 3.8) is 0 Å². The molecule has 188 valence electrons. The SMILES string of the molecule is CCCCC(NC(=O)CCC(C)CCNC(=O)OCC1c2ccccc2-c2ccccc21)C(=O)O. The van der Waals surface area contributed by atoms with E-state index in [4.69, 9.17) is 4.74 Å². The van der Waals surface area contributed by atoms with E-state index in [0.29, 0.717) is 25.8 Å². The van der Waals surface area contributed by atoms with Gasteiger partial charge in [-0.25, -0.2) is 9.59 Å². The molecule has 0 spiro atoms. The Morgan fingerprint density at radius 2 is 1.60 bits per heavy atom. The zero-order valence-corrected chi connectivity index (χ0v) is 20.6. The minimum absolute atomic E-state index is 0.0255. The third-order valence-electron chi connectivity index (χ3n) is 6.59. The molecule has 0 heterocycles. The molecular weight excluding hydrogens is 444 g/mol. The summed E-state index contributed by atoms with van der Waals surface area (Å²) in [6, 6.07) is 15.6. The maximum Gasteiger partial charge on any atom is 0.407 e. The van der Waals surface area contributed by atoms with Crippen molar-refractivity contribution in [2.45, 2.75) is 64.3 Å². The number of aliphatic carboxylic acids is 1. The fraction of sp³-hybridized carbons (Fsp3) is 0.464. The van der Waals surface area contributed by atoms with Gasteiger partial charge in [-0.2, -0.15) is 0 Å². The summed E-state index contributed by atoms with van der Waals surface area (Å²) in [6.45, 7) is 4.73. The van der Waals surface area contributed by atoms with Gasteiger partial charge in [-0.3, -0.25) is 4.79 Å². The molecule has 2 atom stereocenters. The minimum Gasteiger partial charge on any atom is -0.480 e. The Labute approximate surface area is 207 Å². The van der Waals surface area contributed by atoms with E-state index in [-0.39, 0.29) is 30.8 Å². The van der Waals surface area contributed by atoms with E-state index in [1.807, 2.05) is 38.1 Å². The van der Waals surface area contributed by atoms with Crippen molar-refractivity contribution in [3.05, 3.63) is 59.7 Å². The number of hydrogen-bond acceptors (Lipinski definition) is 4. The van der Waals surface area contributed by atoms with Crippen LogP contribution in [0.1, 0.15) is 69.4 Å². The molecular formula is C28H36N2O5. The Hall–Kier alpha value is -3.35. The average Bonchev–Trinajstić information content (AvgIpc) is 3.17. The number of ether oxygens (including phenoxy) is 1. The first-order valence-electron chi connectivity index (χ1n) is 12.5. The first-order chi connectivity index (χ1) is 16.9. The van der Waals surface area contributed by atoms with Crippen LogP contribution in [0.5, 0.6) is 0 Å². The molecule has 0 aromatic heterocycles. The normalized spacial score (nSPS) is 13.9. The van der Waals surface area contributed by atoms with Gasteiger partial charge in [-0.15, -0.1) is 0 Å². The lowest BCUT2D eigenvalue weighted by atomic mass is 9.98. The topological polar surface area (TPSA) is 105 Å². The molecule has 0 fully saturated rings. The molecule has 0 saturated heterocycles. The number of alkyl carbamates (subject to hydrolysis) is 1. The van der Waals surface area contributed by atoms with Crippen LogP contribution in [-0.2, 0) is 14.3 Å². The van der Waals surface area contributed by atoms with Crippen LogP contribution in [0, 0.1) is 5.92 Å². The van der Waals surface area contributed by atoms with Gasteiger partial charge in [0.1, 0.15) is 12.6 Å². The van der Waals surface area contributed by atoms with Gasteiger partial charge in [-0.05, 0) is 47.4 Å². The van der Waals surface area contributed by atoms with E-state index >= 15 is 0 Å². The van der Waals surface area contributed by atoms with Gasteiger partial charge in [0.2, 0.25) is 5.91 Å². The molecule has 1 aliphatic carbocycles. The summed E-state index contributed by atoms with van der Waals surface area (Å²) in [6.07, 6.45) is 3.23. The number of carboxylic acids is 1. The first kappa shape index (κ1) is 26.3. The molecule has 7 nitrogen and oxygen atoms in total. The van der Waals surface area contributed by atoms with Crippen LogP contribution in [0.4, 0.5) is 4.79 Å². The van der Waals surface area contributed by atoms with Crippen LogP contribution >= 0.6 is 0 Å². The minimum atomic E-state index is -0.993. The molecule has 7 heteroatoms. The van der Waals surface area contributed by atoms with Gasteiger partial charge in [0.05, 0.1) is 0 Å². The standard InChI is InChI=1S/C28H36N2O5/c1-3-4-13-25(27(32)33)30-26(31)15-14-19(2)16-17-29-28(34)35-18-24-22-11-7-5-9-20(22)21-10-6-8-12-23(21)24/h5-12,19,24-25H,3-4,13-18H2,1-2H3,(H,29,34)(H,30,31)(H,32,33). The molecule has 1 aliphatic rings. The first-order valence-corrected chi connectivity index (χ1v) is 12.5. The van der Waals surface area contributed by atoms with E-state index in [1.165, 1.54) is 22.3 Å². The smallest absolute Gasteiger partial charge is 0.407 e. The highest BCUT2D eigenvalue weighted by molar-refractivity contribution is 5.83. The third kappa shape index (κ3) is 7.31. The fourth-order valence-corrected chi connectivity index (χ4v) is 4.52. The fourth-order valence-electron chi connectivity index (χ4n) is 4.52. The number of benzene rings is 2. The van der Waals surface area contributed by atoms with Crippen LogP contribution in [0.3, 0.4) is 0 Å². The Kier molecular flexibility index (Phi) is 9.70. The molecule has 0 aliphatic heterocycles. The lowest BCUT2D eigenvalue weighted by Gasteiger charge is -2.16. The summed E-state index contributed by atoms with van der Waals surface area (Å²) in [5, 5.41) is 14.7. The van der Waals surface area contributed by atoms with Crippen molar-refractivity contribution in [3.8, 4) is 11.1 Å². The summed E-state index contributed by atoms with van der Waals surface area (Å²) in [7, 11) is 0. The number of fused-ring (bicyclic) bond motifs is 3. The van der Waals surface area contributed by atoms with E-state index in [1.54, 1.807) is 0 Å². The molecule has 2 unspecified atom stereocenters. The Morgan fingerprint density at radius 3 is 2.20 bits per heavy atom. The number of carbonyl (C=O) groups is 3. The number of nitrogens with one attached hydrogen (secondary N) is 2. The summed E-state index contributed by atoms with van der Waals surface area (Å²) in [5.41, 5.74) is 4.73. The zero-order valence-electron chi connectivity index (χ0n) is 20.6. The van der Waals surface area contributed by atoms with Gasteiger partial charge >= 0.3 is 12.1 Å². The largest absolute Gasteiger partial charge is 0.480 e. The Bertz CT molecular complexity index is 976. The number of rotatable bonds is 13. The molecule has 2 amide bonds. The number of hydrogen-bond donors (Lipinski definition) is 3.